The van der Waals surface area contributed by atoms with Crippen molar-refractivity contribution in [2.75, 3.05) is 0 Å². The number of phenols is 2. The van der Waals surface area contributed by atoms with Crippen LogP contribution in [0.5, 0.6) is 11.5 Å². The van der Waals surface area contributed by atoms with E-state index in [1.165, 1.54) is 11.1 Å². The second-order valence-corrected chi connectivity index (χ2v) is 12.3. The zero-order valence-electron chi connectivity index (χ0n) is 23.4. The van der Waals surface area contributed by atoms with Crippen LogP contribution in [0.2, 0.25) is 0 Å². The van der Waals surface area contributed by atoms with Crippen LogP contribution in [0, 0.1) is 13.8 Å². The van der Waals surface area contributed by atoms with Gasteiger partial charge in [-0.25, -0.2) is 0 Å². The zero-order chi connectivity index (χ0) is 26.0. The highest BCUT2D eigenvalue weighted by molar-refractivity contribution is 5.58. The maximum atomic E-state index is 11.5. The zero-order valence-corrected chi connectivity index (χ0v) is 23.4. The van der Waals surface area contributed by atoms with Gasteiger partial charge < -0.3 is 10.2 Å². The Morgan fingerprint density at radius 2 is 1.18 bits per heavy atom. The molecular weight excluding hydrogens is 416 g/mol. The molecule has 0 aliphatic heterocycles. The predicted molar refractivity (Wildman–Crippen MR) is 147 cm³/mol. The molecule has 186 valence electrons. The lowest BCUT2D eigenvalue weighted by atomic mass is 9.77. The molecule has 2 N–H and O–H groups in total. The summed E-state index contributed by atoms with van der Waals surface area (Å²) < 4.78 is 0. The summed E-state index contributed by atoms with van der Waals surface area (Å²) in [4.78, 5) is 0. The van der Waals surface area contributed by atoms with Crippen molar-refractivity contribution in [1.29, 1.82) is 0 Å². The molecule has 0 saturated carbocycles. The first-order chi connectivity index (χ1) is 15.5. The molecule has 0 bridgehead atoms. The summed E-state index contributed by atoms with van der Waals surface area (Å²) in [5, 5.41) is 23.0. The van der Waals surface area contributed by atoms with Crippen LogP contribution in [0.3, 0.4) is 0 Å². The summed E-state index contributed by atoms with van der Waals surface area (Å²) in [5.74, 6) is 0.415. The third-order valence-corrected chi connectivity index (χ3v) is 6.40. The average Bonchev–Trinajstić information content (AvgIpc) is 2.67. The molecule has 2 aromatic carbocycles. The Labute approximate surface area is 208 Å². The summed E-state index contributed by atoms with van der Waals surface area (Å²) in [6.45, 7) is 23.3. The first-order valence-corrected chi connectivity index (χ1v) is 12.5. The first kappa shape index (κ1) is 27.8. The van der Waals surface area contributed by atoms with Crippen molar-refractivity contribution in [3.8, 4) is 11.5 Å². The Balaban J connectivity index is 2.83. The monoisotopic (exact) mass is 462 g/mol. The second-order valence-electron chi connectivity index (χ2n) is 12.3. The van der Waals surface area contributed by atoms with Gasteiger partial charge in [0.15, 0.2) is 0 Å². The quantitative estimate of drug-likeness (QED) is 0.420. The van der Waals surface area contributed by atoms with Gasteiger partial charge in [0.1, 0.15) is 11.5 Å². The van der Waals surface area contributed by atoms with Gasteiger partial charge in [0.25, 0.3) is 0 Å². The normalized spacial score (nSPS) is 12.9. The molecule has 0 aliphatic carbocycles. The molecule has 34 heavy (non-hydrogen) atoms. The van der Waals surface area contributed by atoms with Crippen LogP contribution in [0.4, 0.5) is 0 Å². The molecule has 0 unspecified atom stereocenters. The minimum absolute atomic E-state index is 0.192. The van der Waals surface area contributed by atoms with Crippen LogP contribution in [0.25, 0.3) is 0 Å². The maximum Gasteiger partial charge on any atom is 0.123 e. The molecule has 0 aliphatic rings. The average molecular weight is 463 g/mol. The Hall–Kier alpha value is -2.48. The number of aryl methyl sites for hydroxylation is 2. The SMILES string of the molecule is CC(C)=CCC/C(C)=C/C(c1cc(C)cc(C(C)(C)C)c1O)c1cc(C)cc(C(C)(C)C)c1O. The fourth-order valence-corrected chi connectivity index (χ4v) is 4.53. The van der Waals surface area contributed by atoms with Crippen molar-refractivity contribution in [3.63, 3.8) is 0 Å². The van der Waals surface area contributed by atoms with Gasteiger partial charge in [-0.05, 0) is 69.4 Å². The summed E-state index contributed by atoms with van der Waals surface area (Å²) >= 11 is 0. The number of aromatic hydroxyl groups is 2. The Bertz CT molecular complexity index is 1010. The van der Waals surface area contributed by atoms with E-state index in [-0.39, 0.29) is 16.7 Å². The van der Waals surface area contributed by atoms with E-state index in [2.05, 4.69) is 113 Å². The molecule has 0 saturated heterocycles. The molecule has 0 amide bonds. The molecule has 0 heterocycles. The van der Waals surface area contributed by atoms with Gasteiger partial charge in [0, 0.05) is 17.0 Å². The summed E-state index contributed by atoms with van der Waals surface area (Å²) in [5.41, 5.74) is 7.99. The minimum Gasteiger partial charge on any atom is -0.507 e. The fourth-order valence-electron chi connectivity index (χ4n) is 4.53. The minimum atomic E-state index is -0.242. The molecule has 0 fully saturated rings. The number of benzene rings is 2. The van der Waals surface area contributed by atoms with E-state index in [9.17, 15) is 10.2 Å². The van der Waals surface area contributed by atoms with Crippen molar-refractivity contribution in [2.45, 2.75) is 106 Å². The molecule has 2 nitrogen and oxygen atoms in total. The maximum absolute atomic E-state index is 11.5. The Morgan fingerprint density at radius 1 is 0.765 bits per heavy atom. The third kappa shape index (κ3) is 6.78. The highest BCUT2D eigenvalue weighted by Gasteiger charge is 2.28. The lowest BCUT2D eigenvalue weighted by Crippen LogP contribution is -2.15. The highest BCUT2D eigenvalue weighted by Crippen LogP contribution is 2.45. The van der Waals surface area contributed by atoms with E-state index >= 15 is 0 Å². The number of hydrogen-bond donors (Lipinski definition) is 2. The van der Waals surface area contributed by atoms with Crippen LogP contribution in [-0.2, 0) is 10.8 Å². The standard InChI is InChI=1S/C32H46O2/c1-20(2)13-12-14-21(3)15-24(25-16-22(4)18-27(29(25)33)31(6,7)8)26-17-23(5)19-28(30(26)34)32(9,10)11/h13,15-19,24,33-34H,12,14H2,1-11H3/b21-15+. The van der Waals surface area contributed by atoms with E-state index < -0.39 is 0 Å². The molecule has 0 aromatic heterocycles. The highest BCUT2D eigenvalue weighted by atomic mass is 16.3. The van der Waals surface area contributed by atoms with Crippen molar-refractivity contribution < 1.29 is 10.2 Å². The van der Waals surface area contributed by atoms with Gasteiger partial charge in [0.05, 0.1) is 0 Å². The summed E-state index contributed by atoms with van der Waals surface area (Å²) in [6, 6.07) is 8.32. The van der Waals surface area contributed by atoms with E-state index in [4.69, 9.17) is 0 Å². The smallest absolute Gasteiger partial charge is 0.123 e. The predicted octanol–water partition coefficient (Wildman–Crippen LogP) is 9.13. The topological polar surface area (TPSA) is 40.5 Å². The number of phenolic OH excluding ortho intramolecular Hbond substituents is 2. The van der Waals surface area contributed by atoms with E-state index in [1.54, 1.807) is 0 Å². The Kier molecular flexibility index (Phi) is 8.51. The lowest BCUT2D eigenvalue weighted by molar-refractivity contribution is 0.432. The van der Waals surface area contributed by atoms with Gasteiger partial charge in [-0.3, -0.25) is 0 Å². The molecular formula is C32H46O2. The van der Waals surface area contributed by atoms with Crippen LogP contribution in [0.15, 0.2) is 47.6 Å². The van der Waals surface area contributed by atoms with E-state index in [1.807, 2.05) is 0 Å². The van der Waals surface area contributed by atoms with E-state index in [0.717, 1.165) is 46.2 Å². The van der Waals surface area contributed by atoms with Crippen LogP contribution in [0.1, 0.15) is 114 Å². The fraction of sp³-hybridized carbons (Fsp3) is 0.500. The number of hydrogen-bond acceptors (Lipinski definition) is 2. The van der Waals surface area contributed by atoms with Crippen molar-refractivity contribution in [2.24, 2.45) is 0 Å². The van der Waals surface area contributed by atoms with Crippen molar-refractivity contribution >= 4 is 0 Å². The third-order valence-electron chi connectivity index (χ3n) is 6.40. The van der Waals surface area contributed by atoms with Crippen LogP contribution >= 0.6 is 0 Å². The Morgan fingerprint density at radius 3 is 1.53 bits per heavy atom. The summed E-state index contributed by atoms with van der Waals surface area (Å²) in [6.07, 6.45) is 6.42. The number of rotatable bonds is 6. The van der Waals surface area contributed by atoms with Crippen molar-refractivity contribution in [3.05, 3.63) is 80.9 Å². The lowest BCUT2D eigenvalue weighted by Gasteiger charge is -2.28. The number of allylic oxidation sites excluding steroid dienone is 4. The van der Waals surface area contributed by atoms with Gasteiger partial charge in [0.2, 0.25) is 0 Å². The molecule has 2 rings (SSSR count). The van der Waals surface area contributed by atoms with E-state index in [0.29, 0.717) is 11.5 Å². The molecule has 2 aromatic rings. The second kappa shape index (κ2) is 10.4. The largest absolute Gasteiger partial charge is 0.507 e. The van der Waals surface area contributed by atoms with Gasteiger partial charge >= 0.3 is 0 Å². The van der Waals surface area contributed by atoms with Crippen LogP contribution in [-0.4, -0.2) is 10.2 Å². The van der Waals surface area contributed by atoms with Crippen LogP contribution < -0.4 is 0 Å². The van der Waals surface area contributed by atoms with Gasteiger partial charge in [-0.15, -0.1) is 0 Å². The molecule has 0 atom stereocenters. The van der Waals surface area contributed by atoms with Gasteiger partial charge in [-0.1, -0.05) is 100 Å². The molecule has 0 radical (unpaired) electrons. The molecule has 2 heteroatoms. The summed E-state index contributed by atoms with van der Waals surface area (Å²) in [7, 11) is 0. The first-order valence-electron chi connectivity index (χ1n) is 12.5. The molecule has 0 spiro atoms. The van der Waals surface area contributed by atoms with Crippen molar-refractivity contribution in [1.82, 2.24) is 0 Å². The van der Waals surface area contributed by atoms with Gasteiger partial charge in [-0.2, -0.15) is 0 Å².